The number of hydrogen-bond donors (Lipinski definition) is 0. The zero-order valence-corrected chi connectivity index (χ0v) is 14.3. The summed E-state index contributed by atoms with van der Waals surface area (Å²) in [6, 6.07) is 10.0. The lowest BCUT2D eigenvalue weighted by atomic mass is 10.1. The van der Waals surface area contributed by atoms with Crippen molar-refractivity contribution in [2.75, 3.05) is 12.8 Å². The fraction of sp³-hybridized carbons (Fsp3) is 0.471. The van der Waals surface area contributed by atoms with Crippen LogP contribution in [0, 0.1) is 0 Å². The molecule has 2 heterocycles. The zero-order valence-electron chi connectivity index (χ0n) is 13.4. The third kappa shape index (κ3) is 3.58. The van der Waals surface area contributed by atoms with E-state index in [1.165, 1.54) is 0 Å². The molecule has 1 amide bonds. The molecule has 6 heteroatoms. The largest absolute Gasteiger partial charge is 0.338 e. The molecule has 0 N–H and O–H groups in total. The number of hydrogen-bond acceptors (Lipinski definition) is 5. The Labute approximate surface area is 140 Å². The highest BCUT2D eigenvalue weighted by Crippen LogP contribution is 2.32. The van der Waals surface area contributed by atoms with Crippen LogP contribution in [0.1, 0.15) is 48.2 Å². The van der Waals surface area contributed by atoms with E-state index in [0.717, 1.165) is 12.0 Å². The van der Waals surface area contributed by atoms with Crippen LogP contribution in [-0.4, -0.2) is 33.7 Å². The monoisotopic (exact) mass is 331 g/mol. The van der Waals surface area contributed by atoms with E-state index >= 15 is 0 Å². The Morgan fingerprint density at radius 1 is 1.39 bits per heavy atom. The van der Waals surface area contributed by atoms with Crippen molar-refractivity contribution in [2.24, 2.45) is 0 Å². The molecule has 0 spiro atoms. The summed E-state index contributed by atoms with van der Waals surface area (Å²) in [5.41, 5.74) is 1.14. The van der Waals surface area contributed by atoms with Crippen LogP contribution in [0.4, 0.5) is 0 Å². The second-order valence-corrected chi connectivity index (χ2v) is 6.82. The first-order valence-corrected chi connectivity index (χ1v) is 9.18. The lowest BCUT2D eigenvalue weighted by Gasteiger charge is -2.15. The Balaban J connectivity index is 1.68. The van der Waals surface area contributed by atoms with Crippen LogP contribution in [0.5, 0.6) is 0 Å². The molecule has 1 aromatic heterocycles. The number of benzene rings is 1. The molecule has 1 aromatic carbocycles. The minimum atomic E-state index is 0.0306. The molecule has 23 heavy (non-hydrogen) atoms. The molecule has 1 saturated heterocycles. The maximum Gasteiger partial charge on any atom is 0.239 e. The van der Waals surface area contributed by atoms with E-state index in [4.69, 9.17) is 4.52 Å². The van der Waals surface area contributed by atoms with E-state index in [-0.39, 0.29) is 17.1 Å². The van der Waals surface area contributed by atoms with Gasteiger partial charge in [0.15, 0.2) is 5.82 Å². The van der Waals surface area contributed by atoms with Gasteiger partial charge in [-0.3, -0.25) is 4.79 Å². The molecule has 1 aliphatic rings. The summed E-state index contributed by atoms with van der Waals surface area (Å²) in [6.45, 7) is 3.40. The Hall–Kier alpha value is -1.82. The smallest absolute Gasteiger partial charge is 0.239 e. The van der Waals surface area contributed by atoms with Crippen LogP contribution in [0.25, 0.3) is 0 Å². The van der Waals surface area contributed by atoms with Crippen LogP contribution in [0.3, 0.4) is 0 Å². The normalized spacial score (nSPS) is 19.3. The van der Waals surface area contributed by atoms with E-state index in [2.05, 4.69) is 17.1 Å². The summed E-state index contributed by atoms with van der Waals surface area (Å²) in [6.07, 6.45) is 3.45. The zero-order chi connectivity index (χ0) is 16.2. The van der Waals surface area contributed by atoms with Gasteiger partial charge in [0.25, 0.3) is 0 Å². The fourth-order valence-corrected chi connectivity index (χ4v) is 3.52. The number of likely N-dealkylation sites (tertiary alicyclic amines) is 1. The van der Waals surface area contributed by atoms with Gasteiger partial charge in [0.2, 0.25) is 11.8 Å². The van der Waals surface area contributed by atoms with Gasteiger partial charge in [0.05, 0.1) is 5.25 Å². The standard InChI is InChI=1S/C17H21N3O2S/c1-3-14(23-2)17-18-16(19-22-17)13-9-15(21)20(11-13)10-12-7-5-4-6-8-12/h4-8,13-14H,3,9-11H2,1-2H3/t13-,14+/m1/s1. The van der Waals surface area contributed by atoms with Gasteiger partial charge in [-0.1, -0.05) is 42.4 Å². The van der Waals surface area contributed by atoms with Crippen LogP contribution >= 0.6 is 11.8 Å². The molecule has 2 aromatic rings. The van der Waals surface area contributed by atoms with Crippen LogP contribution < -0.4 is 0 Å². The van der Waals surface area contributed by atoms with E-state index in [9.17, 15) is 4.79 Å². The number of rotatable bonds is 6. The van der Waals surface area contributed by atoms with E-state index in [0.29, 0.717) is 31.2 Å². The molecular weight excluding hydrogens is 310 g/mol. The van der Waals surface area contributed by atoms with Crippen molar-refractivity contribution in [1.29, 1.82) is 0 Å². The first-order valence-electron chi connectivity index (χ1n) is 7.89. The number of carbonyl (C=O) groups excluding carboxylic acids is 1. The third-order valence-electron chi connectivity index (χ3n) is 4.18. The summed E-state index contributed by atoms with van der Waals surface area (Å²) in [7, 11) is 0. The average Bonchev–Trinajstić information content (AvgIpc) is 3.18. The van der Waals surface area contributed by atoms with Crippen LogP contribution in [-0.2, 0) is 11.3 Å². The summed E-state index contributed by atoms with van der Waals surface area (Å²) in [5.74, 6) is 1.52. The first kappa shape index (κ1) is 16.1. The van der Waals surface area contributed by atoms with Gasteiger partial charge in [-0.2, -0.15) is 16.7 Å². The van der Waals surface area contributed by atoms with Gasteiger partial charge < -0.3 is 9.42 Å². The highest BCUT2D eigenvalue weighted by molar-refractivity contribution is 7.98. The molecule has 1 fully saturated rings. The maximum absolute atomic E-state index is 12.3. The van der Waals surface area contributed by atoms with Crippen molar-refractivity contribution in [3.63, 3.8) is 0 Å². The molecule has 3 rings (SSSR count). The summed E-state index contributed by atoms with van der Waals surface area (Å²) >= 11 is 1.71. The minimum Gasteiger partial charge on any atom is -0.338 e. The highest BCUT2D eigenvalue weighted by Gasteiger charge is 2.34. The second kappa shape index (κ2) is 7.17. The topological polar surface area (TPSA) is 59.2 Å². The summed E-state index contributed by atoms with van der Waals surface area (Å²) in [4.78, 5) is 18.7. The van der Waals surface area contributed by atoms with Crippen molar-refractivity contribution < 1.29 is 9.32 Å². The molecule has 1 aliphatic heterocycles. The number of thioether (sulfide) groups is 1. The second-order valence-electron chi connectivity index (χ2n) is 5.78. The Kier molecular flexibility index (Phi) is 5.00. The predicted molar refractivity (Wildman–Crippen MR) is 90.1 cm³/mol. The SMILES string of the molecule is CC[C@H](SC)c1nc([C@@H]2CC(=O)N(Cc3ccccc3)C2)no1. The third-order valence-corrected chi connectivity index (χ3v) is 5.29. The first-order chi connectivity index (χ1) is 11.2. The summed E-state index contributed by atoms with van der Waals surface area (Å²) in [5, 5.41) is 4.34. The minimum absolute atomic E-state index is 0.0306. The molecule has 5 nitrogen and oxygen atoms in total. The van der Waals surface area contributed by atoms with E-state index in [1.54, 1.807) is 11.8 Å². The maximum atomic E-state index is 12.3. The Bertz CT molecular complexity index is 655. The van der Waals surface area contributed by atoms with Gasteiger partial charge in [-0.25, -0.2) is 0 Å². The number of nitrogens with zero attached hydrogens (tertiary/aromatic N) is 3. The number of carbonyl (C=O) groups is 1. The molecule has 0 unspecified atom stereocenters. The van der Waals surface area contributed by atoms with Crippen molar-refractivity contribution in [1.82, 2.24) is 15.0 Å². The Morgan fingerprint density at radius 3 is 2.87 bits per heavy atom. The molecular formula is C17H21N3O2S. The lowest BCUT2D eigenvalue weighted by molar-refractivity contribution is -0.128. The molecule has 122 valence electrons. The predicted octanol–water partition coefficient (Wildman–Crippen LogP) is 3.40. The van der Waals surface area contributed by atoms with Gasteiger partial charge >= 0.3 is 0 Å². The number of amides is 1. The van der Waals surface area contributed by atoms with Crippen molar-refractivity contribution in [3.05, 3.63) is 47.6 Å². The highest BCUT2D eigenvalue weighted by atomic mass is 32.2. The number of aromatic nitrogens is 2. The molecule has 0 aliphatic carbocycles. The van der Waals surface area contributed by atoms with Crippen molar-refractivity contribution in [3.8, 4) is 0 Å². The van der Waals surface area contributed by atoms with Crippen LogP contribution in [0.2, 0.25) is 0 Å². The van der Waals surface area contributed by atoms with Gasteiger partial charge in [0.1, 0.15) is 0 Å². The Morgan fingerprint density at radius 2 is 2.17 bits per heavy atom. The van der Waals surface area contributed by atoms with Gasteiger partial charge in [0, 0.05) is 25.4 Å². The quantitative estimate of drug-likeness (QED) is 0.812. The molecule has 0 bridgehead atoms. The molecule has 2 atom stereocenters. The van der Waals surface area contributed by atoms with E-state index < -0.39 is 0 Å². The van der Waals surface area contributed by atoms with Gasteiger partial charge in [-0.15, -0.1) is 0 Å². The van der Waals surface area contributed by atoms with Crippen molar-refractivity contribution in [2.45, 2.75) is 37.5 Å². The van der Waals surface area contributed by atoms with E-state index in [1.807, 2.05) is 41.5 Å². The molecule has 0 saturated carbocycles. The average molecular weight is 331 g/mol. The van der Waals surface area contributed by atoms with Crippen LogP contribution in [0.15, 0.2) is 34.9 Å². The molecule has 0 radical (unpaired) electrons. The summed E-state index contributed by atoms with van der Waals surface area (Å²) < 4.78 is 5.40. The van der Waals surface area contributed by atoms with Gasteiger partial charge in [-0.05, 0) is 18.2 Å². The van der Waals surface area contributed by atoms with Crippen molar-refractivity contribution >= 4 is 17.7 Å². The lowest BCUT2D eigenvalue weighted by Crippen LogP contribution is -2.24. The fourth-order valence-electron chi connectivity index (χ4n) is 2.89.